The molecule has 0 amide bonds. The van der Waals surface area contributed by atoms with Crippen LogP contribution >= 0.6 is 15.9 Å². The van der Waals surface area contributed by atoms with Gasteiger partial charge in [0.15, 0.2) is 0 Å². The fourth-order valence-electron chi connectivity index (χ4n) is 2.03. The van der Waals surface area contributed by atoms with Crippen LogP contribution in [0.4, 0.5) is 4.39 Å². The number of rotatable bonds is 5. The molecule has 0 saturated carbocycles. The summed E-state index contributed by atoms with van der Waals surface area (Å²) in [5, 5.41) is 3.33. The highest BCUT2D eigenvalue weighted by Gasteiger charge is 2.13. The molecule has 1 saturated heterocycles. The Bertz CT molecular complexity index is 366. The Hall–Kier alpha value is -0.450. The van der Waals surface area contributed by atoms with E-state index in [4.69, 9.17) is 4.74 Å². The van der Waals surface area contributed by atoms with E-state index in [0.717, 1.165) is 29.9 Å². The van der Waals surface area contributed by atoms with Gasteiger partial charge in [0.05, 0.1) is 6.61 Å². The van der Waals surface area contributed by atoms with Crippen molar-refractivity contribution < 1.29 is 9.13 Å². The Morgan fingerprint density at radius 2 is 2.35 bits per heavy atom. The van der Waals surface area contributed by atoms with Crippen molar-refractivity contribution in [2.24, 2.45) is 5.92 Å². The topological polar surface area (TPSA) is 21.3 Å². The van der Waals surface area contributed by atoms with Crippen LogP contribution in [0.1, 0.15) is 18.4 Å². The molecule has 1 unspecified atom stereocenters. The SMILES string of the molecule is Fc1cc(Br)ccc1COCCC1CCNC1. The van der Waals surface area contributed by atoms with E-state index < -0.39 is 0 Å². The van der Waals surface area contributed by atoms with Crippen molar-refractivity contribution in [1.82, 2.24) is 5.32 Å². The van der Waals surface area contributed by atoms with Crippen molar-refractivity contribution in [2.75, 3.05) is 19.7 Å². The molecule has 4 heteroatoms. The average molecular weight is 302 g/mol. The average Bonchev–Trinajstić information content (AvgIpc) is 2.79. The fourth-order valence-corrected chi connectivity index (χ4v) is 2.36. The van der Waals surface area contributed by atoms with Crippen LogP contribution < -0.4 is 5.32 Å². The van der Waals surface area contributed by atoms with Crippen LogP contribution in [0, 0.1) is 11.7 Å². The Kier molecular flexibility index (Phi) is 4.95. The highest BCUT2D eigenvalue weighted by atomic mass is 79.9. The van der Waals surface area contributed by atoms with Crippen molar-refractivity contribution in [3.63, 3.8) is 0 Å². The zero-order valence-corrected chi connectivity index (χ0v) is 11.3. The first kappa shape index (κ1) is 13.0. The predicted molar refractivity (Wildman–Crippen MR) is 69.3 cm³/mol. The Morgan fingerprint density at radius 1 is 1.47 bits per heavy atom. The molecule has 0 bridgehead atoms. The molecule has 0 radical (unpaired) electrons. The van der Waals surface area contributed by atoms with Gasteiger partial charge in [0.2, 0.25) is 0 Å². The predicted octanol–water partition coefficient (Wildman–Crippen LogP) is 3.10. The number of halogens is 2. The second-order valence-corrected chi connectivity index (χ2v) is 5.35. The molecule has 1 aromatic carbocycles. The molecule has 1 fully saturated rings. The molecule has 1 heterocycles. The van der Waals surface area contributed by atoms with E-state index in [2.05, 4.69) is 21.2 Å². The molecule has 94 valence electrons. The Morgan fingerprint density at radius 3 is 3.06 bits per heavy atom. The lowest BCUT2D eigenvalue weighted by Gasteiger charge is -2.09. The minimum absolute atomic E-state index is 0.207. The van der Waals surface area contributed by atoms with Crippen LogP contribution in [0.2, 0.25) is 0 Å². The van der Waals surface area contributed by atoms with E-state index in [1.165, 1.54) is 12.5 Å². The van der Waals surface area contributed by atoms with Crippen molar-refractivity contribution in [2.45, 2.75) is 19.4 Å². The molecular weight excluding hydrogens is 285 g/mol. The minimum Gasteiger partial charge on any atom is -0.377 e. The van der Waals surface area contributed by atoms with E-state index in [1.54, 1.807) is 6.07 Å². The third kappa shape index (κ3) is 4.05. The van der Waals surface area contributed by atoms with E-state index >= 15 is 0 Å². The van der Waals surface area contributed by atoms with Gasteiger partial charge in [-0.25, -0.2) is 4.39 Å². The highest BCUT2D eigenvalue weighted by Crippen LogP contribution is 2.17. The first-order valence-corrected chi connectivity index (χ1v) is 6.77. The molecule has 1 atom stereocenters. The van der Waals surface area contributed by atoms with Crippen LogP contribution in [-0.2, 0) is 11.3 Å². The maximum Gasteiger partial charge on any atom is 0.129 e. The molecule has 0 spiro atoms. The van der Waals surface area contributed by atoms with E-state index in [-0.39, 0.29) is 5.82 Å². The second kappa shape index (κ2) is 6.47. The molecule has 1 N–H and O–H groups in total. The lowest BCUT2D eigenvalue weighted by Crippen LogP contribution is -2.10. The van der Waals surface area contributed by atoms with Crippen LogP contribution in [-0.4, -0.2) is 19.7 Å². The molecule has 1 aliphatic rings. The standard InChI is InChI=1S/C13H17BrFNO/c14-12-2-1-11(13(15)7-12)9-17-6-4-10-3-5-16-8-10/h1-2,7,10,16H,3-6,8-9H2. The van der Waals surface area contributed by atoms with Gasteiger partial charge in [-0.1, -0.05) is 22.0 Å². The van der Waals surface area contributed by atoms with Crippen LogP contribution in [0.5, 0.6) is 0 Å². The van der Waals surface area contributed by atoms with E-state index in [1.807, 2.05) is 6.07 Å². The van der Waals surface area contributed by atoms with Crippen LogP contribution in [0.3, 0.4) is 0 Å². The maximum atomic E-state index is 13.5. The maximum absolute atomic E-state index is 13.5. The second-order valence-electron chi connectivity index (χ2n) is 4.44. The smallest absolute Gasteiger partial charge is 0.129 e. The lowest BCUT2D eigenvalue weighted by atomic mass is 10.1. The summed E-state index contributed by atoms with van der Waals surface area (Å²) in [5.74, 6) is 0.520. The molecule has 0 aromatic heterocycles. The number of nitrogens with one attached hydrogen (secondary N) is 1. The molecule has 2 nitrogen and oxygen atoms in total. The molecule has 0 aliphatic carbocycles. The van der Waals surface area contributed by atoms with Gasteiger partial charge in [0, 0.05) is 16.6 Å². The number of benzene rings is 1. The van der Waals surface area contributed by atoms with Crippen LogP contribution in [0.25, 0.3) is 0 Å². The number of hydrogen-bond acceptors (Lipinski definition) is 2. The first-order chi connectivity index (χ1) is 8.25. The van der Waals surface area contributed by atoms with Gasteiger partial charge in [-0.3, -0.25) is 0 Å². The summed E-state index contributed by atoms with van der Waals surface area (Å²) < 4.78 is 19.7. The highest BCUT2D eigenvalue weighted by molar-refractivity contribution is 9.10. The monoisotopic (exact) mass is 301 g/mol. The summed E-state index contributed by atoms with van der Waals surface area (Å²) >= 11 is 3.24. The summed E-state index contributed by atoms with van der Waals surface area (Å²) in [5.41, 5.74) is 0.623. The number of ether oxygens (including phenoxy) is 1. The van der Waals surface area contributed by atoms with Crippen molar-refractivity contribution in [3.05, 3.63) is 34.1 Å². The van der Waals surface area contributed by atoms with Gasteiger partial charge in [0.25, 0.3) is 0 Å². The zero-order chi connectivity index (χ0) is 12.1. The van der Waals surface area contributed by atoms with Gasteiger partial charge < -0.3 is 10.1 Å². The van der Waals surface area contributed by atoms with E-state index in [9.17, 15) is 4.39 Å². The van der Waals surface area contributed by atoms with Crippen LogP contribution in [0.15, 0.2) is 22.7 Å². The Balaban J connectivity index is 1.70. The summed E-state index contributed by atoms with van der Waals surface area (Å²) in [6, 6.07) is 5.07. The van der Waals surface area contributed by atoms with Gasteiger partial charge in [-0.05, 0) is 44.0 Å². The minimum atomic E-state index is -0.207. The van der Waals surface area contributed by atoms with Crippen molar-refractivity contribution >= 4 is 15.9 Å². The molecular formula is C13H17BrFNO. The lowest BCUT2D eigenvalue weighted by molar-refractivity contribution is 0.107. The first-order valence-electron chi connectivity index (χ1n) is 5.98. The van der Waals surface area contributed by atoms with Gasteiger partial charge in [-0.2, -0.15) is 0 Å². The normalized spacial score (nSPS) is 19.8. The van der Waals surface area contributed by atoms with Crippen molar-refractivity contribution in [3.8, 4) is 0 Å². The molecule has 1 aliphatic heterocycles. The molecule has 2 rings (SSSR count). The largest absolute Gasteiger partial charge is 0.377 e. The van der Waals surface area contributed by atoms with E-state index in [0.29, 0.717) is 18.8 Å². The van der Waals surface area contributed by atoms with Gasteiger partial charge in [-0.15, -0.1) is 0 Å². The summed E-state index contributed by atoms with van der Waals surface area (Å²) in [6.45, 7) is 3.28. The third-order valence-electron chi connectivity index (χ3n) is 3.11. The molecule has 17 heavy (non-hydrogen) atoms. The number of hydrogen-bond donors (Lipinski definition) is 1. The summed E-state index contributed by atoms with van der Waals surface area (Å²) in [7, 11) is 0. The van der Waals surface area contributed by atoms with Gasteiger partial charge in [0.1, 0.15) is 5.82 Å². The summed E-state index contributed by atoms with van der Waals surface area (Å²) in [4.78, 5) is 0. The Labute approximate surface area is 110 Å². The third-order valence-corrected chi connectivity index (χ3v) is 3.60. The van der Waals surface area contributed by atoms with Crippen molar-refractivity contribution in [1.29, 1.82) is 0 Å². The molecule has 1 aromatic rings. The quantitative estimate of drug-likeness (QED) is 0.844. The van der Waals surface area contributed by atoms with Gasteiger partial charge >= 0.3 is 0 Å². The zero-order valence-electron chi connectivity index (χ0n) is 9.72. The summed E-state index contributed by atoms with van der Waals surface area (Å²) in [6.07, 6.45) is 2.29. The fraction of sp³-hybridized carbons (Fsp3) is 0.538.